The molecule has 100 valence electrons. The Bertz CT molecular complexity index is 409. The summed E-state index contributed by atoms with van der Waals surface area (Å²) in [7, 11) is 3.16. The van der Waals surface area contributed by atoms with Crippen molar-refractivity contribution in [2.45, 2.75) is 13.0 Å². The lowest BCUT2D eigenvalue weighted by molar-refractivity contribution is 0.0365. The van der Waals surface area contributed by atoms with Crippen LogP contribution >= 0.6 is 0 Å². The van der Waals surface area contributed by atoms with E-state index in [0.29, 0.717) is 19.0 Å². The van der Waals surface area contributed by atoms with Crippen molar-refractivity contribution in [2.24, 2.45) is 0 Å². The minimum Gasteiger partial charge on any atom is -0.478 e. The lowest BCUT2D eigenvalue weighted by atomic mass is 10.2. The second-order valence-electron chi connectivity index (χ2n) is 3.85. The van der Waals surface area contributed by atoms with Crippen LogP contribution < -0.4 is 5.32 Å². The van der Waals surface area contributed by atoms with E-state index in [1.165, 1.54) is 6.07 Å². The van der Waals surface area contributed by atoms with Crippen LogP contribution in [0.5, 0.6) is 0 Å². The monoisotopic (exact) mass is 254 g/mol. The topological polar surface area (TPSA) is 80.7 Å². The zero-order chi connectivity index (χ0) is 13.5. The number of hydrogen-bond acceptors (Lipinski definition) is 5. The number of aromatic nitrogens is 1. The Kier molecular flexibility index (Phi) is 5.54. The first kappa shape index (κ1) is 14.4. The average molecular weight is 254 g/mol. The van der Waals surface area contributed by atoms with Crippen LogP contribution in [0, 0.1) is 6.92 Å². The fourth-order valence-electron chi connectivity index (χ4n) is 1.47. The third kappa shape index (κ3) is 3.97. The summed E-state index contributed by atoms with van der Waals surface area (Å²) < 4.78 is 10.2. The standard InChI is InChI=1S/C12H18N2O4/c1-8-4-5-10(12(15)16)11(14-8)13-6-9(18-3)7-17-2/h4-5,9H,6-7H2,1-3H3,(H,13,14)(H,15,16). The normalized spacial score (nSPS) is 12.2. The maximum absolute atomic E-state index is 11.0. The number of carbonyl (C=O) groups is 1. The first-order chi connectivity index (χ1) is 8.58. The molecule has 0 bridgehead atoms. The average Bonchev–Trinajstić information content (AvgIpc) is 2.34. The molecule has 1 unspecified atom stereocenters. The minimum absolute atomic E-state index is 0.146. The Balaban J connectivity index is 2.76. The van der Waals surface area contributed by atoms with Gasteiger partial charge in [0.05, 0.1) is 12.7 Å². The quantitative estimate of drug-likeness (QED) is 0.760. The summed E-state index contributed by atoms with van der Waals surface area (Å²) >= 11 is 0. The molecule has 0 saturated carbocycles. The van der Waals surface area contributed by atoms with Gasteiger partial charge in [0.2, 0.25) is 0 Å². The summed E-state index contributed by atoms with van der Waals surface area (Å²) in [5.41, 5.74) is 0.899. The number of nitrogens with one attached hydrogen (secondary N) is 1. The Morgan fingerprint density at radius 3 is 2.78 bits per heavy atom. The Morgan fingerprint density at radius 1 is 1.50 bits per heavy atom. The van der Waals surface area contributed by atoms with Crippen LogP contribution in [0.15, 0.2) is 12.1 Å². The molecule has 0 saturated heterocycles. The summed E-state index contributed by atoms with van der Waals surface area (Å²) in [5, 5.41) is 12.0. The van der Waals surface area contributed by atoms with Crippen molar-refractivity contribution < 1.29 is 19.4 Å². The molecule has 1 heterocycles. The SMILES string of the molecule is COCC(CNc1nc(C)ccc1C(=O)O)OC. The third-order valence-corrected chi connectivity index (χ3v) is 2.45. The molecule has 1 aromatic heterocycles. The predicted molar refractivity (Wildman–Crippen MR) is 67.1 cm³/mol. The minimum atomic E-state index is -1.01. The fourth-order valence-corrected chi connectivity index (χ4v) is 1.47. The lowest BCUT2D eigenvalue weighted by Gasteiger charge is -2.16. The number of pyridine rings is 1. The molecule has 6 nitrogen and oxygen atoms in total. The van der Waals surface area contributed by atoms with E-state index in [1.54, 1.807) is 27.2 Å². The van der Waals surface area contributed by atoms with E-state index in [0.717, 1.165) is 5.69 Å². The zero-order valence-corrected chi connectivity index (χ0v) is 10.8. The van der Waals surface area contributed by atoms with Crippen LogP contribution in [-0.2, 0) is 9.47 Å². The molecule has 0 radical (unpaired) electrons. The number of aromatic carboxylic acids is 1. The van der Waals surface area contributed by atoms with Crippen LogP contribution in [-0.4, -0.2) is 49.5 Å². The molecule has 1 atom stereocenters. The number of carboxylic acids is 1. The second-order valence-corrected chi connectivity index (χ2v) is 3.85. The Labute approximate surface area is 106 Å². The van der Waals surface area contributed by atoms with Gasteiger partial charge in [-0.2, -0.15) is 0 Å². The van der Waals surface area contributed by atoms with Crippen molar-refractivity contribution in [3.05, 3.63) is 23.4 Å². The van der Waals surface area contributed by atoms with Gasteiger partial charge in [-0.3, -0.25) is 0 Å². The summed E-state index contributed by atoms with van der Waals surface area (Å²) in [6.45, 7) is 2.67. The van der Waals surface area contributed by atoms with Crippen molar-refractivity contribution >= 4 is 11.8 Å². The number of nitrogens with zero attached hydrogens (tertiary/aromatic N) is 1. The first-order valence-corrected chi connectivity index (χ1v) is 5.55. The molecule has 1 rings (SSSR count). The molecular weight excluding hydrogens is 236 g/mol. The van der Waals surface area contributed by atoms with Gasteiger partial charge in [-0.05, 0) is 19.1 Å². The van der Waals surface area contributed by atoms with Gasteiger partial charge in [0.15, 0.2) is 0 Å². The van der Waals surface area contributed by atoms with Gasteiger partial charge in [0.1, 0.15) is 11.4 Å². The molecule has 0 aromatic carbocycles. The van der Waals surface area contributed by atoms with Crippen LogP contribution in [0.1, 0.15) is 16.1 Å². The van der Waals surface area contributed by atoms with Gasteiger partial charge in [0.25, 0.3) is 0 Å². The molecule has 0 amide bonds. The van der Waals surface area contributed by atoms with E-state index < -0.39 is 5.97 Å². The van der Waals surface area contributed by atoms with Crippen molar-refractivity contribution in [3.8, 4) is 0 Å². The molecule has 18 heavy (non-hydrogen) atoms. The Morgan fingerprint density at radius 2 is 2.22 bits per heavy atom. The van der Waals surface area contributed by atoms with Gasteiger partial charge >= 0.3 is 5.97 Å². The zero-order valence-electron chi connectivity index (χ0n) is 10.8. The van der Waals surface area contributed by atoms with Crippen molar-refractivity contribution in [3.63, 3.8) is 0 Å². The number of rotatable bonds is 7. The smallest absolute Gasteiger partial charge is 0.339 e. The van der Waals surface area contributed by atoms with Crippen molar-refractivity contribution in [1.29, 1.82) is 0 Å². The van der Waals surface area contributed by atoms with E-state index in [2.05, 4.69) is 10.3 Å². The number of carboxylic acid groups (broad SMARTS) is 1. The van der Waals surface area contributed by atoms with E-state index in [1.807, 2.05) is 0 Å². The highest BCUT2D eigenvalue weighted by atomic mass is 16.5. The van der Waals surface area contributed by atoms with Crippen LogP contribution in [0.2, 0.25) is 0 Å². The number of aryl methyl sites for hydroxylation is 1. The second kappa shape index (κ2) is 6.93. The van der Waals surface area contributed by atoms with Gasteiger partial charge in [-0.25, -0.2) is 9.78 Å². The number of anilines is 1. The summed E-state index contributed by atoms with van der Waals surface area (Å²) in [4.78, 5) is 15.2. The summed E-state index contributed by atoms with van der Waals surface area (Å²) in [6, 6.07) is 3.20. The molecule has 0 aliphatic heterocycles. The molecule has 0 fully saturated rings. The van der Waals surface area contributed by atoms with Crippen LogP contribution in [0.4, 0.5) is 5.82 Å². The van der Waals surface area contributed by atoms with Crippen molar-refractivity contribution in [1.82, 2.24) is 4.98 Å². The van der Waals surface area contributed by atoms with Gasteiger partial charge < -0.3 is 19.9 Å². The highest BCUT2D eigenvalue weighted by Gasteiger charge is 2.13. The molecule has 0 aliphatic rings. The van der Waals surface area contributed by atoms with Gasteiger partial charge in [0, 0.05) is 26.5 Å². The van der Waals surface area contributed by atoms with Gasteiger partial charge in [-0.15, -0.1) is 0 Å². The fraction of sp³-hybridized carbons (Fsp3) is 0.500. The maximum atomic E-state index is 11.0. The lowest BCUT2D eigenvalue weighted by Crippen LogP contribution is -2.27. The van der Waals surface area contributed by atoms with Crippen molar-refractivity contribution in [2.75, 3.05) is 32.7 Å². The highest BCUT2D eigenvalue weighted by Crippen LogP contribution is 2.13. The van der Waals surface area contributed by atoms with Crippen LogP contribution in [0.25, 0.3) is 0 Å². The first-order valence-electron chi connectivity index (χ1n) is 5.55. The molecule has 1 aromatic rings. The van der Waals surface area contributed by atoms with E-state index in [4.69, 9.17) is 14.6 Å². The van der Waals surface area contributed by atoms with E-state index in [-0.39, 0.29) is 11.7 Å². The predicted octanol–water partition coefficient (Wildman–Crippen LogP) is 1.16. The van der Waals surface area contributed by atoms with E-state index in [9.17, 15) is 4.79 Å². The maximum Gasteiger partial charge on any atom is 0.339 e. The third-order valence-electron chi connectivity index (χ3n) is 2.45. The molecular formula is C12H18N2O4. The molecule has 0 spiro atoms. The van der Waals surface area contributed by atoms with E-state index >= 15 is 0 Å². The van der Waals surface area contributed by atoms with Crippen LogP contribution in [0.3, 0.4) is 0 Å². The molecule has 6 heteroatoms. The number of methoxy groups -OCH3 is 2. The highest BCUT2D eigenvalue weighted by molar-refractivity contribution is 5.93. The number of hydrogen-bond donors (Lipinski definition) is 2. The summed E-state index contributed by atoms with van der Waals surface area (Å²) in [6.07, 6.45) is -0.154. The Hall–Kier alpha value is -1.66. The van der Waals surface area contributed by atoms with Gasteiger partial charge in [-0.1, -0.05) is 0 Å². The molecule has 0 aliphatic carbocycles. The largest absolute Gasteiger partial charge is 0.478 e. The number of ether oxygens (including phenoxy) is 2. The molecule has 2 N–H and O–H groups in total. The summed E-state index contributed by atoms with van der Waals surface area (Å²) in [5.74, 6) is -0.661.